The summed E-state index contributed by atoms with van der Waals surface area (Å²) in [5.74, 6) is -1.56. The Kier molecular flexibility index (Phi) is 4.56. The summed E-state index contributed by atoms with van der Waals surface area (Å²) >= 11 is 0. The number of aliphatic carboxylic acids is 1. The minimum Gasteiger partial charge on any atom is -0.480 e. The van der Waals surface area contributed by atoms with Crippen molar-refractivity contribution in [2.75, 3.05) is 18.0 Å². The van der Waals surface area contributed by atoms with Crippen LogP contribution in [-0.4, -0.2) is 40.9 Å². The van der Waals surface area contributed by atoms with E-state index in [0.717, 1.165) is 11.3 Å². The Bertz CT molecular complexity index is 826. The number of rotatable bonds is 6. The molecule has 7 nitrogen and oxygen atoms in total. The molecule has 1 aliphatic rings. The number of furan rings is 1. The molecule has 3 rings (SSSR count). The van der Waals surface area contributed by atoms with Crippen LogP contribution in [0.3, 0.4) is 0 Å². The lowest BCUT2D eigenvalue weighted by Gasteiger charge is -2.20. The van der Waals surface area contributed by atoms with Crippen LogP contribution in [0.1, 0.15) is 28.6 Å². The van der Waals surface area contributed by atoms with Gasteiger partial charge in [-0.2, -0.15) is 0 Å². The van der Waals surface area contributed by atoms with Crippen molar-refractivity contribution in [3.8, 4) is 0 Å². The van der Waals surface area contributed by atoms with E-state index in [1.807, 2.05) is 24.3 Å². The molecular formula is C18H18N2O5. The number of amides is 2. The van der Waals surface area contributed by atoms with E-state index in [2.05, 4.69) is 0 Å². The number of carbonyl (C=O) groups excluding carboxylic acids is 2. The predicted octanol–water partition coefficient (Wildman–Crippen LogP) is 1.92. The summed E-state index contributed by atoms with van der Waals surface area (Å²) in [6, 6.07) is 9.14. The predicted molar refractivity (Wildman–Crippen MR) is 89.3 cm³/mol. The SMILES string of the molecule is CCN(CC(=O)O)C(=O)c1occc1CN1C(=O)Cc2ccccc21. The number of anilines is 1. The average Bonchev–Trinajstić information content (AvgIpc) is 3.17. The number of fused-ring (bicyclic) bond motifs is 1. The van der Waals surface area contributed by atoms with Crippen LogP contribution in [0.15, 0.2) is 41.0 Å². The maximum atomic E-state index is 12.6. The van der Waals surface area contributed by atoms with Gasteiger partial charge in [-0.05, 0) is 24.6 Å². The Morgan fingerprint density at radius 1 is 1.28 bits per heavy atom. The number of carboxylic acid groups (broad SMARTS) is 1. The molecule has 0 unspecified atom stereocenters. The lowest BCUT2D eigenvalue weighted by atomic mass is 10.1. The van der Waals surface area contributed by atoms with E-state index in [1.54, 1.807) is 17.9 Å². The number of carbonyl (C=O) groups is 3. The third-order valence-corrected chi connectivity index (χ3v) is 4.19. The van der Waals surface area contributed by atoms with E-state index in [-0.39, 0.29) is 24.8 Å². The Hall–Kier alpha value is -3.09. The second-order valence-electron chi connectivity index (χ2n) is 5.77. The number of para-hydroxylation sites is 1. The molecule has 25 heavy (non-hydrogen) atoms. The zero-order valence-corrected chi connectivity index (χ0v) is 13.8. The molecule has 0 radical (unpaired) electrons. The minimum absolute atomic E-state index is 0.0429. The van der Waals surface area contributed by atoms with Gasteiger partial charge in [0.05, 0.1) is 19.2 Å². The standard InChI is InChI=1S/C18H18N2O5/c1-2-19(11-16(22)23)18(24)17-13(7-8-25-17)10-20-14-6-4-3-5-12(14)9-15(20)21/h3-8H,2,9-11H2,1H3,(H,22,23). The molecule has 1 N–H and O–H groups in total. The summed E-state index contributed by atoms with van der Waals surface area (Å²) in [5.41, 5.74) is 2.33. The molecule has 0 bridgehead atoms. The molecule has 1 aromatic carbocycles. The molecule has 0 spiro atoms. The maximum absolute atomic E-state index is 12.6. The largest absolute Gasteiger partial charge is 0.480 e. The number of nitrogens with zero attached hydrogens (tertiary/aromatic N) is 2. The van der Waals surface area contributed by atoms with Crippen molar-refractivity contribution in [1.29, 1.82) is 0 Å². The number of hydrogen-bond acceptors (Lipinski definition) is 4. The normalized spacial score (nSPS) is 13.0. The highest BCUT2D eigenvalue weighted by Crippen LogP contribution is 2.30. The molecule has 0 aliphatic carbocycles. The first kappa shape index (κ1) is 16.8. The van der Waals surface area contributed by atoms with E-state index < -0.39 is 18.4 Å². The van der Waals surface area contributed by atoms with Gasteiger partial charge in [-0.3, -0.25) is 14.4 Å². The zero-order valence-electron chi connectivity index (χ0n) is 13.8. The van der Waals surface area contributed by atoms with Gasteiger partial charge in [0.25, 0.3) is 5.91 Å². The summed E-state index contributed by atoms with van der Waals surface area (Å²) in [7, 11) is 0. The fourth-order valence-electron chi connectivity index (χ4n) is 2.94. The van der Waals surface area contributed by atoms with Crippen molar-refractivity contribution in [3.63, 3.8) is 0 Å². The van der Waals surface area contributed by atoms with Crippen LogP contribution in [0.5, 0.6) is 0 Å². The summed E-state index contributed by atoms with van der Waals surface area (Å²) < 4.78 is 5.30. The smallest absolute Gasteiger partial charge is 0.323 e. The van der Waals surface area contributed by atoms with Gasteiger partial charge in [0.15, 0.2) is 5.76 Å². The first-order chi connectivity index (χ1) is 12.0. The van der Waals surface area contributed by atoms with Gasteiger partial charge < -0.3 is 19.3 Å². The Morgan fingerprint density at radius 2 is 2.04 bits per heavy atom. The highest BCUT2D eigenvalue weighted by Gasteiger charge is 2.30. The highest BCUT2D eigenvalue weighted by atomic mass is 16.4. The van der Waals surface area contributed by atoms with Gasteiger partial charge in [0.1, 0.15) is 6.54 Å². The fourth-order valence-corrected chi connectivity index (χ4v) is 2.94. The molecule has 1 aliphatic heterocycles. The van der Waals surface area contributed by atoms with E-state index in [4.69, 9.17) is 9.52 Å². The summed E-state index contributed by atoms with van der Waals surface area (Å²) in [6.45, 7) is 1.75. The first-order valence-corrected chi connectivity index (χ1v) is 7.97. The Balaban J connectivity index is 1.84. The van der Waals surface area contributed by atoms with Crippen molar-refractivity contribution in [3.05, 3.63) is 53.5 Å². The van der Waals surface area contributed by atoms with E-state index >= 15 is 0 Å². The van der Waals surface area contributed by atoms with E-state index in [1.165, 1.54) is 11.2 Å². The van der Waals surface area contributed by atoms with Crippen LogP contribution in [0.2, 0.25) is 0 Å². The first-order valence-electron chi connectivity index (χ1n) is 7.97. The van der Waals surface area contributed by atoms with E-state index in [9.17, 15) is 14.4 Å². The van der Waals surface area contributed by atoms with Gasteiger partial charge in [0.2, 0.25) is 5.91 Å². The molecule has 2 amide bonds. The molecule has 1 aromatic heterocycles. The molecular weight excluding hydrogens is 324 g/mol. The third kappa shape index (κ3) is 3.26. The number of hydrogen-bond donors (Lipinski definition) is 1. The van der Waals surface area contributed by atoms with Crippen LogP contribution in [0.4, 0.5) is 5.69 Å². The Labute approximate surface area is 144 Å². The summed E-state index contributed by atoms with van der Waals surface area (Å²) in [4.78, 5) is 38.6. The number of benzene rings is 1. The van der Waals surface area contributed by atoms with Crippen LogP contribution < -0.4 is 4.90 Å². The second kappa shape index (κ2) is 6.80. The van der Waals surface area contributed by atoms with Gasteiger partial charge in [-0.1, -0.05) is 18.2 Å². The molecule has 0 fully saturated rings. The molecule has 0 saturated heterocycles. The molecule has 130 valence electrons. The average molecular weight is 342 g/mol. The fraction of sp³-hybridized carbons (Fsp3) is 0.278. The molecule has 7 heteroatoms. The van der Waals surface area contributed by atoms with Crippen LogP contribution in [0.25, 0.3) is 0 Å². The van der Waals surface area contributed by atoms with Crippen molar-refractivity contribution < 1.29 is 23.9 Å². The van der Waals surface area contributed by atoms with Crippen molar-refractivity contribution in [2.45, 2.75) is 19.9 Å². The van der Waals surface area contributed by atoms with Gasteiger partial charge >= 0.3 is 5.97 Å². The zero-order chi connectivity index (χ0) is 18.0. The molecule has 0 atom stereocenters. The quantitative estimate of drug-likeness (QED) is 0.866. The van der Waals surface area contributed by atoms with Gasteiger partial charge in [-0.25, -0.2) is 0 Å². The number of carboxylic acids is 1. The van der Waals surface area contributed by atoms with Gasteiger partial charge in [-0.15, -0.1) is 0 Å². The third-order valence-electron chi connectivity index (χ3n) is 4.19. The lowest BCUT2D eigenvalue weighted by molar-refractivity contribution is -0.137. The van der Waals surface area contributed by atoms with Crippen LogP contribution in [-0.2, 0) is 22.6 Å². The van der Waals surface area contributed by atoms with Gasteiger partial charge in [0, 0.05) is 17.8 Å². The summed E-state index contributed by atoms with van der Waals surface area (Å²) in [6.07, 6.45) is 1.71. The Morgan fingerprint density at radius 3 is 2.76 bits per heavy atom. The van der Waals surface area contributed by atoms with E-state index in [0.29, 0.717) is 12.0 Å². The lowest BCUT2D eigenvalue weighted by Crippen LogP contribution is -2.36. The molecule has 0 saturated carbocycles. The molecule has 2 aromatic rings. The summed E-state index contributed by atoms with van der Waals surface area (Å²) in [5, 5.41) is 8.93. The van der Waals surface area contributed by atoms with Crippen LogP contribution >= 0.6 is 0 Å². The second-order valence-corrected chi connectivity index (χ2v) is 5.77. The van der Waals surface area contributed by atoms with Crippen molar-refractivity contribution >= 4 is 23.5 Å². The van der Waals surface area contributed by atoms with Crippen molar-refractivity contribution in [2.24, 2.45) is 0 Å². The molecule has 2 heterocycles. The van der Waals surface area contributed by atoms with Crippen LogP contribution in [0, 0.1) is 0 Å². The minimum atomic E-state index is -1.09. The maximum Gasteiger partial charge on any atom is 0.323 e. The highest BCUT2D eigenvalue weighted by molar-refractivity contribution is 6.02. The number of likely N-dealkylation sites (N-methyl/N-ethyl adjacent to an activating group) is 1. The van der Waals surface area contributed by atoms with Crippen molar-refractivity contribution in [1.82, 2.24) is 4.90 Å². The topological polar surface area (TPSA) is 91.1 Å². The monoisotopic (exact) mass is 342 g/mol.